The third kappa shape index (κ3) is 3.96. The number of nitrogens with two attached hydrogens (primary N) is 1. The molecule has 2 rings (SSSR count). The number of para-hydroxylation sites is 1. The van der Waals surface area contributed by atoms with Crippen molar-refractivity contribution in [3.8, 4) is 5.75 Å². The highest BCUT2D eigenvalue weighted by Gasteiger charge is 2.13. The van der Waals surface area contributed by atoms with Crippen LogP contribution in [0.5, 0.6) is 5.75 Å². The first kappa shape index (κ1) is 15.3. The Labute approximate surface area is 128 Å². The van der Waals surface area contributed by atoms with Gasteiger partial charge in [0.2, 0.25) is 0 Å². The average Bonchev–Trinajstić information content (AvgIpc) is 2.53. The maximum Gasteiger partial charge on any atom is 0.348 e. The first-order chi connectivity index (χ1) is 10.6. The Morgan fingerprint density at radius 3 is 2.36 bits per heavy atom. The SMILES string of the molecule is COc1ccc(C=CC(=O)OC(=O)c2ccccc2N)cc1. The summed E-state index contributed by atoms with van der Waals surface area (Å²) in [6.45, 7) is 0. The van der Waals surface area contributed by atoms with Crippen LogP contribution in [0.15, 0.2) is 54.6 Å². The quantitative estimate of drug-likeness (QED) is 0.406. The number of nitrogen functional groups attached to an aromatic ring is 1. The molecule has 0 fully saturated rings. The normalized spacial score (nSPS) is 10.4. The summed E-state index contributed by atoms with van der Waals surface area (Å²) >= 11 is 0. The Hall–Kier alpha value is -3.08. The van der Waals surface area contributed by atoms with Gasteiger partial charge in [0.05, 0.1) is 12.7 Å². The molecule has 0 aliphatic carbocycles. The molecular formula is C17H15NO4. The molecule has 112 valence electrons. The second-order valence-electron chi connectivity index (χ2n) is 4.40. The molecule has 2 N–H and O–H groups in total. The fourth-order valence-corrected chi connectivity index (χ4v) is 1.74. The number of hydrogen-bond acceptors (Lipinski definition) is 5. The minimum absolute atomic E-state index is 0.161. The number of methoxy groups -OCH3 is 1. The predicted molar refractivity (Wildman–Crippen MR) is 83.3 cm³/mol. The molecule has 2 aromatic rings. The van der Waals surface area contributed by atoms with Crippen molar-refractivity contribution in [3.63, 3.8) is 0 Å². The van der Waals surface area contributed by atoms with Crippen molar-refractivity contribution >= 4 is 23.7 Å². The van der Waals surface area contributed by atoms with E-state index in [0.29, 0.717) is 0 Å². The largest absolute Gasteiger partial charge is 0.497 e. The zero-order valence-corrected chi connectivity index (χ0v) is 12.0. The van der Waals surface area contributed by atoms with Crippen molar-refractivity contribution in [2.45, 2.75) is 0 Å². The molecule has 22 heavy (non-hydrogen) atoms. The lowest BCUT2D eigenvalue weighted by Crippen LogP contribution is -2.12. The third-order valence-electron chi connectivity index (χ3n) is 2.90. The number of hydrogen-bond donors (Lipinski definition) is 1. The van der Waals surface area contributed by atoms with E-state index >= 15 is 0 Å². The van der Waals surface area contributed by atoms with Crippen LogP contribution in [0.2, 0.25) is 0 Å². The first-order valence-electron chi connectivity index (χ1n) is 6.53. The standard InChI is InChI=1S/C17H15NO4/c1-21-13-9-6-12(7-10-13)8-11-16(19)22-17(20)14-4-2-3-5-15(14)18/h2-11H,18H2,1H3. The third-order valence-corrected chi connectivity index (χ3v) is 2.90. The van der Waals surface area contributed by atoms with E-state index in [9.17, 15) is 9.59 Å². The van der Waals surface area contributed by atoms with Crippen LogP contribution in [-0.2, 0) is 9.53 Å². The molecule has 0 amide bonds. The van der Waals surface area contributed by atoms with E-state index in [1.54, 1.807) is 55.7 Å². The molecule has 2 aromatic carbocycles. The minimum Gasteiger partial charge on any atom is -0.497 e. The van der Waals surface area contributed by atoms with E-state index in [4.69, 9.17) is 15.2 Å². The zero-order valence-electron chi connectivity index (χ0n) is 12.0. The van der Waals surface area contributed by atoms with Gasteiger partial charge >= 0.3 is 11.9 Å². The smallest absolute Gasteiger partial charge is 0.348 e. The first-order valence-corrected chi connectivity index (χ1v) is 6.53. The van der Waals surface area contributed by atoms with Crippen LogP contribution in [0.3, 0.4) is 0 Å². The van der Waals surface area contributed by atoms with Gasteiger partial charge < -0.3 is 15.2 Å². The Bertz CT molecular complexity index is 705. The summed E-state index contributed by atoms with van der Waals surface area (Å²) in [4.78, 5) is 23.4. The molecule has 0 spiro atoms. The fourth-order valence-electron chi connectivity index (χ4n) is 1.74. The average molecular weight is 297 g/mol. The lowest BCUT2D eigenvalue weighted by atomic mass is 10.2. The number of carbonyl (C=O) groups is 2. The van der Waals surface area contributed by atoms with Gasteiger partial charge in [0.15, 0.2) is 0 Å². The van der Waals surface area contributed by atoms with Crippen molar-refractivity contribution in [2.75, 3.05) is 12.8 Å². The summed E-state index contributed by atoms with van der Waals surface area (Å²) in [5.74, 6) is -0.819. The Balaban J connectivity index is 1.98. The molecule has 0 atom stereocenters. The molecule has 5 nitrogen and oxygen atoms in total. The van der Waals surface area contributed by atoms with Crippen LogP contribution in [0.25, 0.3) is 6.08 Å². The molecule has 0 radical (unpaired) electrons. The number of esters is 2. The van der Waals surface area contributed by atoms with Gasteiger partial charge in [-0.25, -0.2) is 9.59 Å². The maximum absolute atomic E-state index is 11.8. The second-order valence-corrected chi connectivity index (χ2v) is 4.40. The molecule has 0 unspecified atom stereocenters. The highest BCUT2D eigenvalue weighted by molar-refractivity contribution is 6.03. The van der Waals surface area contributed by atoms with Crippen LogP contribution >= 0.6 is 0 Å². The summed E-state index contributed by atoms with van der Waals surface area (Å²) in [6, 6.07) is 13.5. The molecule has 0 bridgehead atoms. The van der Waals surface area contributed by atoms with Crippen molar-refractivity contribution in [3.05, 3.63) is 65.7 Å². The number of rotatable bonds is 4. The van der Waals surface area contributed by atoms with Crippen molar-refractivity contribution in [1.82, 2.24) is 0 Å². The summed E-state index contributed by atoms with van der Waals surface area (Å²) in [5, 5.41) is 0. The number of anilines is 1. The van der Waals surface area contributed by atoms with Crippen molar-refractivity contribution < 1.29 is 19.1 Å². The Morgan fingerprint density at radius 2 is 1.73 bits per heavy atom. The van der Waals surface area contributed by atoms with Crippen LogP contribution in [0.4, 0.5) is 5.69 Å². The summed E-state index contributed by atoms with van der Waals surface area (Å²) in [6.07, 6.45) is 2.72. The number of benzene rings is 2. The number of carbonyl (C=O) groups excluding carboxylic acids is 2. The molecule has 5 heteroatoms. The van der Waals surface area contributed by atoms with Gasteiger partial charge in [0.25, 0.3) is 0 Å². The van der Waals surface area contributed by atoms with Gasteiger partial charge in [0, 0.05) is 11.8 Å². The lowest BCUT2D eigenvalue weighted by Gasteiger charge is -2.03. The molecule has 0 aliphatic rings. The van der Waals surface area contributed by atoms with Crippen molar-refractivity contribution in [2.24, 2.45) is 0 Å². The van der Waals surface area contributed by atoms with Crippen LogP contribution in [0.1, 0.15) is 15.9 Å². The zero-order chi connectivity index (χ0) is 15.9. The molecule has 0 aromatic heterocycles. The number of ether oxygens (including phenoxy) is 2. The van der Waals surface area contributed by atoms with E-state index < -0.39 is 11.9 Å². The van der Waals surface area contributed by atoms with Gasteiger partial charge in [-0.3, -0.25) is 0 Å². The molecule has 0 saturated heterocycles. The molecule has 0 heterocycles. The van der Waals surface area contributed by atoms with E-state index in [1.807, 2.05) is 0 Å². The van der Waals surface area contributed by atoms with Gasteiger partial charge in [-0.1, -0.05) is 24.3 Å². The van der Waals surface area contributed by atoms with E-state index in [2.05, 4.69) is 0 Å². The van der Waals surface area contributed by atoms with E-state index in [-0.39, 0.29) is 11.3 Å². The Kier molecular flexibility index (Phi) is 4.93. The fraction of sp³-hybridized carbons (Fsp3) is 0.0588. The predicted octanol–water partition coefficient (Wildman–Crippen LogP) is 2.67. The molecule has 0 aliphatic heterocycles. The van der Waals surface area contributed by atoms with Crippen LogP contribution in [0, 0.1) is 0 Å². The van der Waals surface area contributed by atoms with Crippen molar-refractivity contribution in [1.29, 1.82) is 0 Å². The summed E-state index contributed by atoms with van der Waals surface area (Å²) in [7, 11) is 1.57. The van der Waals surface area contributed by atoms with Gasteiger partial charge in [-0.15, -0.1) is 0 Å². The molecular weight excluding hydrogens is 282 g/mol. The van der Waals surface area contributed by atoms with Gasteiger partial charge in [0.1, 0.15) is 5.75 Å². The summed E-state index contributed by atoms with van der Waals surface area (Å²) < 4.78 is 9.75. The highest BCUT2D eigenvalue weighted by Crippen LogP contribution is 2.13. The summed E-state index contributed by atoms with van der Waals surface area (Å²) in [5.41, 5.74) is 6.85. The highest BCUT2D eigenvalue weighted by atomic mass is 16.6. The van der Waals surface area contributed by atoms with E-state index in [1.165, 1.54) is 12.1 Å². The monoisotopic (exact) mass is 297 g/mol. The van der Waals surface area contributed by atoms with Crippen LogP contribution < -0.4 is 10.5 Å². The van der Waals surface area contributed by atoms with Gasteiger partial charge in [-0.2, -0.15) is 0 Å². The minimum atomic E-state index is -0.775. The lowest BCUT2D eigenvalue weighted by molar-refractivity contribution is -0.132. The maximum atomic E-state index is 11.8. The topological polar surface area (TPSA) is 78.6 Å². The second kappa shape index (κ2) is 7.08. The Morgan fingerprint density at radius 1 is 1.05 bits per heavy atom. The van der Waals surface area contributed by atoms with E-state index in [0.717, 1.165) is 11.3 Å². The molecule has 0 saturated carbocycles. The van der Waals surface area contributed by atoms with Crippen LogP contribution in [-0.4, -0.2) is 19.0 Å². The van der Waals surface area contributed by atoms with Gasteiger partial charge in [-0.05, 0) is 35.9 Å².